The number of methoxy groups -OCH3 is 1. The van der Waals surface area contributed by atoms with Gasteiger partial charge in [0.25, 0.3) is 5.91 Å². The summed E-state index contributed by atoms with van der Waals surface area (Å²) in [5, 5.41) is 1.09. The molecule has 2 rings (SSSR count). The quantitative estimate of drug-likeness (QED) is 0.482. The van der Waals surface area contributed by atoms with Gasteiger partial charge >= 0.3 is 5.97 Å². The number of hydrogen-bond acceptors (Lipinski definition) is 6. The van der Waals surface area contributed by atoms with E-state index in [1.165, 1.54) is 19.2 Å². The van der Waals surface area contributed by atoms with Gasteiger partial charge in [-0.15, -0.1) is 0 Å². The minimum atomic E-state index is -0.735. The number of nitrogens with zero attached hydrogens (tertiary/aromatic N) is 1. The van der Waals surface area contributed by atoms with Crippen molar-refractivity contribution in [2.24, 2.45) is 0 Å². The predicted octanol–water partition coefficient (Wildman–Crippen LogP) is 3.93. The van der Waals surface area contributed by atoms with Crippen molar-refractivity contribution >= 4 is 35.1 Å². The van der Waals surface area contributed by atoms with Crippen LogP contribution >= 0.6 is 23.2 Å². The number of rotatable bonds is 8. The second-order valence-electron chi connectivity index (χ2n) is 5.16. The Morgan fingerprint density at radius 3 is 2.33 bits per heavy atom. The number of hydrogen-bond donors (Lipinski definition) is 0. The summed E-state index contributed by atoms with van der Waals surface area (Å²) in [6.07, 6.45) is 0. The maximum atomic E-state index is 12.9. The van der Waals surface area contributed by atoms with Crippen molar-refractivity contribution in [3.63, 3.8) is 0 Å². The molecule has 7 nitrogen and oxygen atoms in total. The van der Waals surface area contributed by atoms with Crippen LogP contribution in [-0.4, -0.2) is 37.2 Å². The summed E-state index contributed by atoms with van der Waals surface area (Å²) in [4.78, 5) is 33.3. The van der Waals surface area contributed by atoms with E-state index in [9.17, 15) is 9.59 Å². The first-order valence-electron chi connectivity index (χ1n) is 7.81. The number of benzene rings is 2. The Hall–Kier alpha value is -2.48. The van der Waals surface area contributed by atoms with Crippen LogP contribution in [0.3, 0.4) is 0 Å². The molecule has 2 aromatic rings. The summed E-state index contributed by atoms with van der Waals surface area (Å²) in [7, 11) is 1.35. The van der Waals surface area contributed by atoms with Crippen LogP contribution in [0.25, 0.3) is 0 Å². The fourth-order valence-corrected chi connectivity index (χ4v) is 2.55. The fourth-order valence-electron chi connectivity index (χ4n) is 2.09. The number of para-hydroxylation sites is 1. The van der Waals surface area contributed by atoms with Crippen molar-refractivity contribution < 1.29 is 28.9 Å². The van der Waals surface area contributed by atoms with E-state index in [1.54, 1.807) is 12.1 Å². The van der Waals surface area contributed by atoms with E-state index in [1.807, 2.05) is 18.2 Å². The van der Waals surface area contributed by atoms with Gasteiger partial charge in [-0.25, -0.2) is 4.79 Å². The molecule has 0 unspecified atom stereocenters. The monoisotopic (exact) mass is 413 g/mol. The molecule has 0 aliphatic carbocycles. The SMILES string of the molecule is COc1c(Cl)ccc(Cl)c1C(=O)N(CCOc1ccccc1)OOC(C)=O. The molecule has 0 radical (unpaired) electrons. The summed E-state index contributed by atoms with van der Waals surface area (Å²) < 4.78 is 10.7. The minimum Gasteiger partial charge on any atom is -0.494 e. The third-order valence-electron chi connectivity index (χ3n) is 3.25. The van der Waals surface area contributed by atoms with Crippen molar-refractivity contribution in [1.82, 2.24) is 5.06 Å². The molecule has 0 spiro atoms. The molecular formula is C18H17Cl2NO6. The molecule has 0 bridgehead atoms. The lowest BCUT2D eigenvalue weighted by Crippen LogP contribution is -2.36. The van der Waals surface area contributed by atoms with Crippen molar-refractivity contribution in [2.45, 2.75) is 6.92 Å². The highest BCUT2D eigenvalue weighted by atomic mass is 35.5. The molecule has 0 saturated heterocycles. The van der Waals surface area contributed by atoms with Crippen LogP contribution in [0.2, 0.25) is 10.0 Å². The maximum Gasteiger partial charge on any atom is 0.342 e. The van der Waals surface area contributed by atoms with Gasteiger partial charge in [0, 0.05) is 6.92 Å². The Kier molecular flexibility index (Phi) is 7.72. The van der Waals surface area contributed by atoms with E-state index in [4.69, 9.17) is 37.7 Å². The third-order valence-corrected chi connectivity index (χ3v) is 3.87. The summed E-state index contributed by atoms with van der Waals surface area (Å²) in [5.41, 5.74) is -0.0291. The summed E-state index contributed by atoms with van der Waals surface area (Å²) >= 11 is 12.2. The normalized spacial score (nSPS) is 10.2. The predicted molar refractivity (Wildman–Crippen MR) is 98.8 cm³/mol. The number of carbonyl (C=O) groups is 2. The molecule has 27 heavy (non-hydrogen) atoms. The van der Waals surface area contributed by atoms with E-state index in [0.717, 1.165) is 12.0 Å². The minimum absolute atomic E-state index is 0.0291. The number of hydroxylamine groups is 2. The number of ether oxygens (including phenoxy) is 2. The van der Waals surface area contributed by atoms with Crippen LogP contribution in [0.15, 0.2) is 42.5 Å². The Balaban J connectivity index is 2.18. The molecule has 0 atom stereocenters. The summed E-state index contributed by atoms with van der Waals surface area (Å²) in [6, 6.07) is 11.9. The lowest BCUT2D eigenvalue weighted by Gasteiger charge is -2.21. The van der Waals surface area contributed by atoms with Crippen LogP contribution in [0.5, 0.6) is 11.5 Å². The van der Waals surface area contributed by atoms with E-state index >= 15 is 0 Å². The lowest BCUT2D eigenvalue weighted by atomic mass is 10.2. The highest BCUT2D eigenvalue weighted by Gasteiger charge is 2.27. The van der Waals surface area contributed by atoms with Crippen LogP contribution in [0.4, 0.5) is 0 Å². The average Bonchev–Trinajstić information content (AvgIpc) is 2.66. The molecule has 0 aliphatic rings. The zero-order valence-corrected chi connectivity index (χ0v) is 16.1. The first-order valence-corrected chi connectivity index (χ1v) is 8.56. The van der Waals surface area contributed by atoms with Crippen LogP contribution in [-0.2, 0) is 14.7 Å². The fraction of sp³-hybridized carbons (Fsp3) is 0.222. The standard InChI is InChI=1S/C18H17Cl2NO6/c1-12(22)26-27-21(10-11-25-13-6-4-3-5-7-13)18(23)16-14(19)8-9-15(20)17(16)24-2/h3-9H,10-11H2,1-2H3. The number of amides is 1. The first kappa shape index (κ1) is 20.8. The van der Waals surface area contributed by atoms with Crippen molar-refractivity contribution in [3.05, 3.63) is 58.1 Å². The molecule has 0 N–H and O–H groups in total. The van der Waals surface area contributed by atoms with Gasteiger partial charge in [0.2, 0.25) is 0 Å². The van der Waals surface area contributed by atoms with Crippen molar-refractivity contribution in [3.8, 4) is 11.5 Å². The van der Waals surface area contributed by atoms with Gasteiger partial charge in [0.15, 0.2) is 5.75 Å². The van der Waals surface area contributed by atoms with Gasteiger partial charge < -0.3 is 9.47 Å². The number of carbonyl (C=O) groups excluding carboxylic acids is 2. The maximum absolute atomic E-state index is 12.9. The highest BCUT2D eigenvalue weighted by Crippen LogP contribution is 2.34. The Morgan fingerprint density at radius 1 is 1.04 bits per heavy atom. The van der Waals surface area contributed by atoms with Gasteiger partial charge in [0.1, 0.15) is 17.9 Å². The Morgan fingerprint density at radius 2 is 1.70 bits per heavy atom. The van der Waals surface area contributed by atoms with E-state index < -0.39 is 11.9 Å². The van der Waals surface area contributed by atoms with E-state index in [-0.39, 0.29) is 34.5 Å². The second-order valence-corrected chi connectivity index (χ2v) is 5.97. The van der Waals surface area contributed by atoms with Crippen LogP contribution in [0.1, 0.15) is 17.3 Å². The van der Waals surface area contributed by atoms with Gasteiger partial charge in [0.05, 0.1) is 23.7 Å². The van der Waals surface area contributed by atoms with Gasteiger partial charge in [-0.1, -0.05) is 46.4 Å². The molecule has 0 fully saturated rings. The van der Waals surface area contributed by atoms with Gasteiger partial charge in [-0.05, 0) is 24.3 Å². The smallest absolute Gasteiger partial charge is 0.342 e. The molecule has 9 heteroatoms. The van der Waals surface area contributed by atoms with Gasteiger partial charge in [-0.3, -0.25) is 9.68 Å². The molecule has 0 aliphatic heterocycles. The summed E-state index contributed by atoms with van der Waals surface area (Å²) in [6.45, 7) is 1.14. The number of halogens is 2. The highest BCUT2D eigenvalue weighted by molar-refractivity contribution is 6.37. The van der Waals surface area contributed by atoms with Crippen molar-refractivity contribution in [1.29, 1.82) is 0 Å². The molecule has 0 aromatic heterocycles. The first-order chi connectivity index (χ1) is 12.9. The van der Waals surface area contributed by atoms with E-state index in [2.05, 4.69) is 4.89 Å². The topological polar surface area (TPSA) is 74.3 Å². The zero-order chi connectivity index (χ0) is 19.8. The third kappa shape index (κ3) is 5.75. The molecule has 144 valence electrons. The largest absolute Gasteiger partial charge is 0.494 e. The van der Waals surface area contributed by atoms with Crippen LogP contribution < -0.4 is 9.47 Å². The van der Waals surface area contributed by atoms with Crippen LogP contribution in [0, 0.1) is 0 Å². The van der Waals surface area contributed by atoms with Gasteiger partial charge in [-0.2, -0.15) is 5.06 Å². The summed E-state index contributed by atoms with van der Waals surface area (Å²) in [5.74, 6) is -0.761. The van der Waals surface area contributed by atoms with E-state index in [0.29, 0.717) is 5.75 Å². The molecule has 2 aromatic carbocycles. The Bertz CT molecular complexity index is 800. The molecule has 1 amide bonds. The lowest BCUT2D eigenvalue weighted by molar-refractivity contribution is -0.375. The average molecular weight is 414 g/mol. The van der Waals surface area contributed by atoms with Crippen molar-refractivity contribution in [2.75, 3.05) is 20.3 Å². The molecule has 0 saturated carbocycles. The Labute approximate surface area is 166 Å². The second kappa shape index (κ2) is 10.0. The zero-order valence-electron chi connectivity index (χ0n) is 14.6. The molecular weight excluding hydrogens is 397 g/mol. The molecule has 0 heterocycles.